The number of hydrogen-bond acceptors (Lipinski definition) is 3. The van der Waals surface area contributed by atoms with E-state index < -0.39 is 0 Å². The van der Waals surface area contributed by atoms with E-state index in [0.29, 0.717) is 16.5 Å². The monoisotopic (exact) mass is 193 g/mol. The number of fused-ring (bicyclic) bond motifs is 1. The number of pyridine rings is 1. The molecule has 1 aromatic heterocycles. The molecule has 1 aromatic carbocycles. The van der Waals surface area contributed by atoms with Crippen molar-refractivity contribution in [2.75, 3.05) is 11.5 Å². The van der Waals surface area contributed by atoms with Gasteiger partial charge in [-0.1, -0.05) is 17.7 Å². The third-order valence-corrected chi connectivity index (χ3v) is 2.16. The van der Waals surface area contributed by atoms with Crippen LogP contribution in [0.15, 0.2) is 24.4 Å². The fourth-order valence-electron chi connectivity index (χ4n) is 1.22. The standard InChI is InChI=1S/C9H8ClN3/c10-6-2-1-5-4-13-9(12)8(11)7(5)3-6/h1-4H,11H2,(H2,12,13). The smallest absolute Gasteiger partial charge is 0.147 e. The number of nitrogens with two attached hydrogens (primary N) is 2. The van der Waals surface area contributed by atoms with E-state index >= 15 is 0 Å². The van der Waals surface area contributed by atoms with E-state index in [1.54, 1.807) is 18.3 Å². The van der Waals surface area contributed by atoms with Gasteiger partial charge in [0, 0.05) is 22.0 Å². The lowest BCUT2D eigenvalue weighted by atomic mass is 10.1. The Bertz CT molecular complexity index is 462. The first kappa shape index (κ1) is 8.13. The Balaban J connectivity index is 2.89. The average molecular weight is 194 g/mol. The van der Waals surface area contributed by atoms with Crippen LogP contribution in [0.4, 0.5) is 11.5 Å². The summed E-state index contributed by atoms with van der Waals surface area (Å²) in [6, 6.07) is 5.44. The van der Waals surface area contributed by atoms with Crippen LogP contribution in [0.5, 0.6) is 0 Å². The fraction of sp³-hybridized carbons (Fsp3) is 0. The molecule has 4 N–H and O–H groups in total. The molecule has 66 valence electrons. The van der Waals surface area contributed by atoms with Crippen LogP contribution < -0.4 is 11.5 Å². The van der Waals surface area contributed by atoms with Crippen molar-refractivity contribution in [1.82, 2.24) is 4.98 Å². The summed E-state index contributed by atoms with van der Waals surface area (Å²) >= 11 is 5.83. The second-order valence-corrected chi connectivity index (χ2v) is 3.23. The Labute approximate surface area is 80.3 Å². The van der Waals surface area contributed by atoms with Gasteiger partial charge in [-0.05, 0) is 12.1 Å². The minimum Gasteiger partial charge on any atom is -0.395 e. The normalized spacial score (nSPS) is 10.5. The molecule has 0 radical (unpaired) electrons. The molecule has 0 saturated carbocycles. The van der Waals surface area contributed by atoms with E-state index in [1.165, 1.54) is 0 Å². The van der Waals surface area contributed by atoms with Crippen LogP contribution in [0, 0.1) is 0 Å². The topological polar surface area (TPSA) is 64.9 Å². The lowest BCUT2D eigenvalue weighted by molar-refractivity contribution is 1.37. The lowest BCUT2D eigenvalue weighted by Gasteiger charge is -2.03. The van der Waals surface area contributed by atoms with Gasteiger partial charge >= 0.3 is 0 Å². The van der Waals surface area contributed by atoms with Crippen molar-refractivity contribution >= 4 is 33.9 Å². The molecule has 2 rings (SSSR count). The third kappa shape index (κ3) is 1.27. The first-order valence-electron chi connectivity index (χ1n) is 3.77. The van der Waals surface area contributed by atoms with Crippen molar-refractivity contribution in [3.63, 3.8) is 0 Å². The highest BCUT2D eigenvalue weighted by Gasteiger charge is 2.02. The van der Waals surface area contributed by atoms with Crippen LogP contribution in [0.25, 0.3) is 10.8 Å². The van der Waals surface area contributed by atoms with Gasteiger partial charge in [-0.2, -0.15) is 0 Å². The summed E-state index contributed by atoms with van der Waals surface area (Å²) in [5.74, 6) is 0.342. The van der Waals surface area contributed by atoms with Gasteiger partial charge in [0.1, 0.15) is 5.82 Å². The van der Waals surface area contributed by atoms with Gasteiger partial charge in [-0.3, -0.25) is 0 Å². The Morgan fingerprint density at radius 2 is 2.00 bits per heavy atom. The second-order valence-electron chi connectivity index (χ2n) is 2.79. The van der Waals surface area contributed by atoms with Crippen LogP contribution in [0.1, 0.15) is 0 Å². The zero-order chi connectivity index (χ0) is 9.42. The van der Waals surface area contributed by atoms with Gasteiger partial charge < -0.3 is 11.5 Å². The van der Waals surface area contributed by atoms with E-state index in [-0.39, 0.29) is 0 Å². The molecule has 1 heterocycles. The number of rotatable bonds is 0. The average Bonchev–Trinajstić information content (AvgIpc) is 2.12. The molecule has 0 bridgehead atoms. The molecule has 0 saturated heterocycles. The third-order valence-electron chi connectivity index (χ3n) is 1.92. The van der Waals surface area contributed by atoms with Gasteiger partial charge in [0.2, 0.25) is 0 Å². The second kappa shape index (κ2) is 2.78. The number of halogens is 1. The Hall–Kier alpha value is -1.48. The van der Waals surface area contributed by atoms with Crippen molar-refractivity contribution in [3.05, 3.63) is 29.4 Å². The molecule has 4 heteroatoms. The Morgan fingerprint density at radius 3 is 2.77 bits per heavy atom. The molecule has 0 aliphatic heterocycles. The highest BCUT2D eigenvalue weighted by atomic mass is 35.5. The van der Waals surface area contributed by atoms with E-state index in [9.17, 15) is 0 Å². The number of nitrogens with zero attached hydrogens (tertiary/aromatic N) is 1. The molecule has 13 heavy (non-hydrogen) atoms. The number of hydrogen-bond donors (Lipinski definition) is 2. The summed E-state index contributed by atoms with van der Waals surface area (Å²) in [6.07, 6.45) is 1.68. The molecular weight excluding hydrogens is 186 g/mol. The molecule has 2 aromatic rings. The van der Waals surface area contributed by atoms with Gasteiger partial charge in [0.15, 0.2) is 0 Å². The summed E-state index contributed by atoms with van der Waals surface area (Å²) in [5, 5.41) is 2.43. The SMILES string of the molecule is Nc1ncc2ccc(Cl)cc2c1N. The van der Waals surface area contributed by atoms with Crippen molar-refractivity contribution in [2.24, 2.45) is 0 Å². The first-order valence-corrected chi connectivity index (χ1v) is 4.15. The van der Waals surface area contributed by atoms with E-state index in [0.717, 1.165) is 10.8 Å². The summed E-state index contributed by atoms with van der Waals surface area (Å²) < 4.78 is 0. The summed E-state index contributed by atoms with van der Waals surface area (Å²) in [5.41, 5.74) is 11.8. The minimum atomic E-state index is 0.342. The molecule has 3 nitrogen and oxygen atoms in total. The van der Waals surface area contributed by atoms with Crippen LogP contribution in [-0.2, 0) is 0 Å². The fourth-order valence-corrected chi connectivity index (χ4v) is 1.39. The number of aromatic nitrogens is 1. The van der Waals surface area contributed by atoms with E-state index in [1.807, 2.05) is 6.07 Å². The Morgan fingerprint density at radius 1 is 1.23 bits per heavy atom. The van der Waals surface area contributed by atoms with Crippen LogP contribution in [-0.4, -0.2) is 4.98 Å². The molecule has 0 spiro atoms. The number of benzene rings is 1. The molecule has 0 fully saturated rings. The maximum absolute atomic E-state index is 5.83. The van der Waals surface area contributed by atoms with Crippen LogP contribution in [0.3, 0.4) is 0 Å². The largest absolute Gasteiger partial charge is 0.395 e. The molecule has 0 atom stereocenters. The van der Waals surface area contributed by atoms with Crippen LogP contribution in [0.2, 0.25) is 5.02 Å². The molecule has 0 unspecified atom stereocenters. The number of nitrogen functional groups attached to an aromatic ring is 2. The van der Waals surface area contributed by atoms with Crippen molar-refractivity contribution in [1.29, 1.82) is 0 Å². The maximum Gasteiger partial charge on any atom is 0.147 e. The van der Waals surface area contributed by atoms with Gasteiger partial charge in [0.05, 0.1) is 5.69 Å². The van der Waals surface area contributed by atoms with Crippen LogP contribution >= 0.6 is 11.6 Å². The molecular formula is C9H8ClN3. The predicted octanol–water partition coefficient (Wildman–Crippen LogP) is 2.05. The van der Waals surface area contributed by atoms with Crippen molar-refractivity contribution in [2.45, 2.75) is 0 Å². The molecule has 0 aliphatic carbocycles. The summed E-state index contributed by atoms with van der Waals surface area (Å²) in [6.45, 7) is 0. The zero-order valence-corrected chi connectivity index (χ0v) is 7.55. The van der Waals surface area contributed by atoms with Gasteiger partial charge in [-0.15, -0.1) is 0 Å². The zero-order valence-electron chi connectivity index (χ0n) is 6.79. The minimum absolute atomic E-state index is 0.342. The van der Waals surface area contributed by atoms with Gasteiger partial charge in [-0.25, -0.2) is 4.98 Å². The first-order chi connectivity index (χ1) is 6.18. The Kier molecular flexibility index (Phi) is 1.74. The van der Waals surface area contributed by atoms with Crippen molar-refractivity contribution in [3.8, 4) is 0 Å². The highest BCUT2D eigenvalue weighted by molar-refractivity contribution is 6.31. The predicted molar refractivity (Wildman–Crippen MR) is 55.6 cm³/mol. The summed E-state index contributed by atoms with van der Waals surface area (Å²) in [4.78, 5) is 3.95. The summed E-state index contributed by atoms with van der Waals surface area (Å²) in [7, 11) is 0. The van der Waals surface area contributed by atoms with E-state index in [4.69, 9.17) is 23.1 Å². The van der Waals surface area contributed by atoms with Crippen molar-refractivity contribution < 1.29 is 0 Å². The highest BCUT2D eigenvalue weighted by Crippen LogP contribution is 2.26. The molecule has 0 amide bonds. The van der Waals surface area contributed by atoms with E-state index in [2.05, 4.69) is 4.98 Å². The molecule has 0 aliphatic rings. The number of anilines is 2. The van der Waals surface area contributed by atoms with Gasteiger partial charge in [0.25, 0.3) is 0 Å². The lowest BCUT2D eigenvalue weighted by Crippen LogP contribution is -1.98. The maximum atomic E-state index is 5.83. The quantitative estimate of drug-likeness (QED) is 0.673.